The molecule has 0 unspecified atom stereocenters. The third-order valence-corrected chi connectivity index (χ3v) is 3.61. The van der Waals surface area contributed by atoms with Gasteiger partial charge in [0.25, 0.3) is 0 Å². The molecule has 0 spiro atoms. The summed E-state index contributed by atoms with van der Waals surface area (Å²) in [6.07, 6.45) is 9.88. The van der Waals surface area contributed by atoms with Crippen LogP contribution in [0.3, 0.4) is 0 Å². The van der Waals surface area contributed by atoms with Crippen molar-refractivity contribution in [1.29, 1.82) is 0 Å². The van der Waals surface area contributed by atoms with Crippen LogP contribution >= 0.6 is 0 Å². The van der Waals surface area contributed by atoms with E-state index < -0.39 is 5.60 Å². The smallest absolute Gasteiger partial charge is 0.139 e. The molecule has 0 aliphatic carbocycles. The summed E-state index contributed by atoms with van der Waals surface area (Å²) in [7, 11) is 0. The maximum absolute atomic E-state index is 9.88. The Morgan fingerprint density at radius 3 is 2.50 bits per heavy atom. The van der Waals surface area contributed by atoms with E-state index in [1.165, 1.54) is 0 Å². The second-order valence-electron chi connectivity index (χ2n) is 6.02. The summed E-state index contributed by atoms with van der Waals surface area (Å²) in [6.45, 7) is 4.38. The highest BCUT2D eigenvalue weighted by molar-refractivity contribution is 5.57. The first-order valence-corrected chi connectivity index (χ1v) is 7.35. The molecule has 22 heavy (non-hydrogen) atoms. The van der Waals surface area contributed by atoms with Crippen molar-refractivity contribution in [2.45, 2.75) is 32.4 Å². The van der Waals surface area contributed by atoms with Crippen molar-refractivity contribution in [2.75, 3.05) is 0 Å². The Labute approximate surface area is 129 Å². The second kappa shape index (κ2) is 5.77. The van der Waals surface area contributed by atoms with E-state index in [-0.39, 0.29) is 0 Å². The molecule has 3 rings (SSSR count). The molecule has 2 heterocycles. The number of aromatic nitrogens is 4. The fourth-order valence-corrected chi connectivity index (χ4v) is 2.34. The molecule has 3 aromatic rings. The van der Waals surface area contributed by atoms with E-state index in [0.29, 0.717) is 6.42 Å². The highest BCUT2D eigenvalue weighted by atomic mass is 16.3. The monoisotopic (exact) mass is 296 g/mol. The minimum atomic E-state index is -0.674. The van der Waals surface area contributed by atoms with E-state index in [9.17, 15) is 5.11 Å². The lowest BCUT2D eigenvalue weighted by atomic mass is 10.1. The van der Waals surface area contributed by atoms with Gasteiger partial charge in [-0.05, 0) is 44.5 Å². The fraction of sp³-hybridized carbons (Fsp3) is 0.294. The lowest BCUT2D eigenvalue weighted by Crippen LogP contribution is -2.21. The molecule has 0 fully saturated rings. The zero-order valence-electron chi connectivity index (χ0n) is 12.8. The molecule has 5 heteroatoms. The largest absolute Gasteiger partial charge is 0.390 e. The Morgan fingerprint density at radius 2 is 1.86 bits per heavy atom. The molecule has 1 aromatic carbocycles. The number of hydrogen-bond donors (Lipinski definition) is 1. The van der Waals surface area contributed by atoms with E-state index >= 15 is 0 Å². The molecule has 0 amide bonds. The Kier molecular flexibility index (Phi) is 3.81. The SMILES string of the molecule is CC(C)(O)CCn1ccnc1-c1ccc(-n2ccnc2)cc1. The second-order valence-corrected chi connectivity index (χ2v) is 6.02. The molecule has 114 valence electrons. The van der Waals surface area contributed by atoms with Gasteiger partial charge in [0.1, 0.15) is 5.82 Å². The van der Waals surface area contributed by atoms with Crippen molar-refractivity contribution in [1.82, 2.24) is 19.1 Å². The summed E-state index contributed by atoms with van der Waals surface area (Å²) in [4.78, 5) is 8.50. The molecular formula is C17H20N4O. The number of aliphatic hydroxyl groups is 1. The molecule has 0 saturated carbocycles. The van der Waals surface area contributed by atoms with Crippen LogP contribution in [0.1, 0.15) is 20.3 Å². The average Bonchev–Trinajstić information content (AvgIpc) is 3.16. The third-order valence-electron chi connectivity index (χ3n) is 3.61. The van der Waals surface area contributed by atoms with Gasteiger partial charge in [-0.2, -0.15) is 0 Å². The Bertz CT molecular complexity index is 721. The standard InChI is InChI=1S/C17H20N4O/c1-17(2,22)7-10-20-12-9-19-16(20)14-3-5-15(6-4-14)21-11-8-18-13-21/h3-6,8-9,11-13,22H,7,10H2,1-2H3. The first-order chi connectivity index (χ1) is 10.5. The molecule has 0 aliphatic heterocycles. The van der Waals surface area contributed by atoms with E-state index in [1.807, 2.05) is 42.9 Å². The number of benzene rings is 1. The zero-order valence-corrected chi connectivity index (χ0v) is 12.8. The van der Waals surface area contributed by atoms with Crippen LogP contribution in [0, 0.1) is 0 Å². The maximum Gasteiger partial charge on any atom is 0.139 e. The van der Waals surface area contributed by atoms with Crippen molar-refractivity contribution in [3.05, 3.63) is 55.4 Å². The summed E-state index contributed by atoms with van der Waals surface area (Å²) in [5.41, 5.74) is 1.45. The molecule has 0 atom stereocenters. The third kappa shape index (κ3) is 3.26. The molecule has 0 aliphatic rings. The lowest BCUT2D eigenvalue weighted by Gasteiger charge is -2.18. The van der Waals surface area contributed by atoms with E-state index in [4.69, 9.17) is 0 Å². The molecule has 2 aromatic heterocycles. The highest BCUT2D eigenvalue weighted by Crippen LogP contribution is 2.21. The Balaban J connectivity index is 1.81. The zero-order chi connectivity index (χ0) is 15.6. The summed E-state index contributed by atoms with van der Waals surface area (Å²) in [6, 6.07) is 8.20. The van der Waals surface area contributed by atoms with Gasteiger partial charge in [0.2, 0.25) is 0 Å². The van der Waals surface area contributed by atoms with Gasteiger partial charge in [-0.3, -0.25) is 0 Å². The molecule has 0 bridgehead atoms. The average molecular weight is 296 g/mol. The predicted octanol–water partition coefficient (Wildman–Crippen LogP) is 2.90. The Morgan fingerprint density at radius 1 is 1.09 bits per heavy atom. The quantitative estimate of drug-likeness (QED) is 0.787. The molecule has 0 saturated heterocycles. The number of aryl methyl sites for hydroxylation is 1. The summed E-state index contributed by atoms with van der Waals surface area (Å²) >= 11 is 0. The first-order valence-electron chi connectivity index (χ1n) is 7.35. The van der Waals surface area contributed by atoms with E-state index in [2.05, 4.69) is 26.7 Å². The molecular weight excluding hydrogens is 276 g/mol. The molecule has 5 nitrogen and oxygen atoms in total. The van der Waals surface area contributed by atoms with Crippen LogP contribution in [0.4, 0.5) is 0 Å². The van der Waals surface area contributed by atoms with Gasteiger partial charge in [-0.25, -0.2) is 9.97 Å². The van der Waals surface area contributed by atoms with Gasteiger partial charge in [0.15, 0.2) is 0 Å². The van der Waals surface area contributed by atoms with Crippen LogP contribution in [-0.2, 0) is 6.54 Å². The summed E-state index contributed by atoms with van der Waals surface area (Å²) < 4.78 is 4.04. The number of imidazole rings is 2. The highest BCUT2D eigenvalue weighted by Gasteiger charge is 2.14. The predicted molar refractivity (Wildman–Crippen MR) is 85.7 cm³/mol. The van der Waals surface area contributed by atoms with Gasteiger partial charge in [0.05, 0.1) is 11.9 Å². The number of nitrogens with zero attached hydrogens (tertiary/aromatic N) is 4. The first kappa shape index (κ1) is 14.5. The van der Waals surface area contributed by atoms with Crippen LogP contribution in [0.15, 0.2) is 55.4 Å². The maximum atomic E-state index is 9.88. The van der Waals surface area contributed by atoms with Crippen molar-refractivity contribution >= 4 is 0 Å². The van der Waals surface area contributed by atoms with Crippen LogP contribution in [0.2, 0.25) is 0 Å². The Hall–Kier alpha value is -2.40. The van der Waals surface area contributed by atoms with Gasteiger partial charge >= 0.3 is 0 Å². The van der Waals surface area contributed by atoms with Gasteiger partial charge in [0, 0.05) is 42.6 Å². The van der Waals surface area contributed by atoms with Crippen LogP contribution in [0.5, 0.6) is 0 Å². The topological polar surface area (TPSA) is 55.9 Å². The van der Waals surface area contributed by atoms with Crippen LogP contribution < -0.4 is 0 Å². The lowest BCUT2D eigenvalue weighted by molar-refractivity contribution is 0.0663. The molecule has 0 radical (unpaired) electrons. The van der Waals surface area contributed by atoms with Crippen LogP contribution in [0.25, 0.3) is 17.1 Å². The molecule has 1 N–H and O–H groups in total. The normalized spacial score (nSPS) is 11.8. The van der Waals surface area contributed by atoms with E-state index in [0.717, 1.165) is 23.6 Å². The fourth-order valence-electron chi connectivity index (χ4n) is 2.34. The minimum absolute atomic E-state index is 0.674. The van der Waals surface area contributed by atoms with Gasteiger partial charge < -0.3 is 14.2 Å². The van der Waals surface area contributed by atoms with Crippen molar-refractivity contribution < 1.29 is 5.11 Å². The van der Waals surface area contributed by atoms with Crippen molar-refractivity contribution in [3.8, 4) is 17.1 Å². The minimum Gasteiger partial charge on any atom is -0.390 e. The van der Waals surface area contributed by atoms with Crippen LogP contribution in [-0.4, -0.2) is 29.8 Å². The van der Waals surface area contributed by atoms with Crippen molar-refractivity contribution in [2.24, 2.45) is 0 Å². The summed E-state index contributed by atoms with van der Waals surface area (Å²) in [5, 5.41) is 9.88. The van der Waals surface area contributed by atoms with Crippen molar-refractivity contribution in [3.63, 3.8) is 0 Å². The van der Waals surface area contributed by atoms with Gasteiger partial charge in [-0.1, -0.05) is 0 Å². The van der Waals surface area contributed by atoms with Gasteiger partial charge in [-0.15, -0.1) is 0 Å². The summed E-state index contributed by atoms with van der Waals surface area (Å²) in [5.74, 6) is 0.918. The number of hydrogen-bond acceptors (Lipinski definition) is 3. The number of rotatable bonds is 5. The van der Waals surface area contributed by atoms with E-state index in [1.54, 1.807) is 18.7 Å².